The van der Waals surface area contributed by atoms with Crippen LogP contribution in [0.2, 0.25) is 5.28 Å². The summed E-state index contributed by atoms with van der Waals surface area (Å²) >= 11 is 5.96. The standard InChI is InChI=1S/C16H19ClN2O3/c1-9-10(2)18-16(17)19-12(9)6-11-7-13(20-3)15(22-5)14(8-11)21-4/h7-8H,6H2,1-5H3. The van der Waals surface area contributed by atoms with E-state index in [0.717, 1.165) is 22.5 Å². The molecule has 2 aromatic rings. The maximum Gasteiger partial charge on any atom is 0.222 e. The predicted molar refractivity (Wildman–Crippen MR) is 85.4 cm³/mol. The molecule has 0 spiro atoms. The van der Waals surface area contributed by atoms with Crippen LogP contribution in [0.25, 0.3) is 0 Å². The summed E-state index contributed by atoms with van der Waals surface area (Å²) in [7, 11) is 4.77. The molecule has 0 atom stereocenters. The molecule has 22 heavy (non-hydrogen) atoms. The minimum absolute atomic E-state index is 0.255. The largest absolute Gasteiger partial charge is 0.493 e. The van der Waals surface area contributed by atoms with Gasteiger partial charge < -0.3 is 14.2 Å². The molecule has 1 aromatic heterocycles. The van der Waals surface area contributed by atoms with Gasteiger partial charge in [0.2, 0.25) is 11.0 Å². The first-order valence-electron chi connectivity index (χ1n) is 6.78. The molecule has 0 N–H and O–H groups in total. The van der Waals surface area contributed by atoms with Crippen LogP contribution in [0.3, 0.4) is 0 Å². The number of nitrogens with zero attached hydrogens (tertiary/aromatic N) is 2. The second-order valence-electron chi connectivity index (χ2n) is 4.86. The van der Waals surface area contributed by atoms with Gasteiger partial charge in [-0.3, -0.25) is 0 Å². The molecule has 0 amide bonds. The lowest BCUT2D eigenvalue weighted by Gasteiger charge is -2.15. The topological polar surface area (TPSA) is 53.5 Å². The molecule has 0 aliphatic carbocycles. The van der Waals surface area contributed by atoms with Crippen molar-refractivity contribution in [2.45, 2.75) is 20.3 Å². The minimum atomic E-state index is 0.255. The van der Waals surface area contributed by atoms with Crippen molar-refractivity contribution in [3.63, 3.8) is 0 Å². The van der Waals surface area contributed by atoms with Crippen LogP contribution < -0.4 is 14.2 Å². The first kappa shape index (κ1) is 16.4. The average Bonchev–Trinajstić information content (AvgIpc) is 2.51. The van der Waals surface area contributed by atoms with E-state index in [-0.39, 0.29) is 5.28 Å². The molecule has 0 radical (unpaired) electrons. The second-order valence-corrected chi connectivity index (χ2v) is 5.20. The van der Waals surface area contributed by atoms with Crippen LogP contribution >= 0.6 is 11.6 Å². The third-order valence-electron chi connectivity index (χ3n) is 3.56. The van der Waals surface area contributed by atoms with Crippen molar-refractivity contribution in [3.05, 3.63) is 39.9 Å². The lowest BCUT2D eigenvalue weighted by atomic mass is 10.0. The van der Waals surface area contributed by atoms with Gasteiger partial charge in [0.1, 0.15) is 0 Å². The van der Waals surface area contributed by atoms with E-state index in [0.29, 0.717) is 23.7 Å². The van der Waals surface area contributed by atoms with Crippen molar-refractivity contribution in [3.8, 4) is 17.2 Å². The Hall–Kier alpha value is -2.01. The number of hydrogen-bond acceptors (Lipinski definition) is 5. The summed E-state index contributed by atoms with van der Waals surface area (Å²) in [6.45, 7) is 3.90. The maximum atomic E-state index is 5.96. The molecule has 0 saturated heterocycles. The third-order valence-corrected chi connectivity index (χ3v) is 3.73. The highest BCUT2D eigenvalue weighted by atomic mass is 35.5. The van der Waals surface area contributed by atoms with Gasteiger partial charge in [0.05, 0.1) is 27.0 Å². The molecular formula is C16H19ClN2O3. The van der Waals surface area contributed by atoms with Crippen molar-refractivity contribution in [1.29, 1.82) is 0 Å². The number of rotatable bonds is 5. The Kier molecular flexibility index (Phi) is 5.08. The zero-order chi connectivity index (χ0) is 16.3. The zero-order valence-corrected chi connectivity index (χ0v) is 14.1. The Bertz CT molecular complexity index is 664. The molecule has 1 aromatic carbocycles. The van der Waals surface area contributed by atoms with Gasteiger partial charge in [-0.2, -0.15) is 0 Å². The highest BCUT2D eigenvalue weighted by molar-refractivity contribution is 6.28. The number of halogens is 1. The van der Waals surface area contributed by atoms with Gasteiger partial charge in [0.15, 0.2) is 11.5 Å². The summed E-state index contributed by atoms with van der Waals surface area (Å²) in [5.74, 6) is 1.81. The van der Waals surface area contributed by atoms with Gasteiger partial charge in [-0.05, 0) is 48.7 Å². The summed E-state index contributed by atoms with van der Waals surface area (Å²) in [5, 5.41) is 0.255. The summed E-state index contributed by atoms with van der Waals surface area (Å²) < 4.78 is 16.1. The number of methoxy groups -OCH3 is 3. The van der Waals surface area contributed by atoms with Crippen LogP contribution in [0.4, 0.5) is 0 Å². The number of aryl methyl sites for hydroxylation is 1. The van der Waals surface area contributed by atoms with Crippen LogP contribution in [-0.2, 0) is 6.42 Å². The van der Waals surface area contributed by atoms with E-state index in [1.54, 1.807) is 21.3 Å². The highest BCUT2D eigenvalue weighted by Gasteiger charge is 2.15. The van der Waals surface area contributed by atoms with Gasteiger partial charge in [-0.25, -0.2) is 9.97 Å². The normalized spacial score (nSPS) is 10.5. The summed E-state index contributed by atoms with van der Waals surface area (Å²) in [5.41, 5.74) is 3.78. The summed E-state index contributed by atoms with van der Waals surface area (Å²) in [6.07, 6.45) is 0.603. The van der Waals surface area contributed by atoms with Crippen molar-refractivity contribution in [1.82, 2.24) is 9.97 Å². The smallest absolute Gasteiger partial charge is 0.222 e. The van der Waals surface area contributed by atoms with Crippen molar-refractivity contribution in [2.24, 2.45) is 0 Å². The molecule has 1 heterocycles. The van der Waals surface area contributed by atoms with E-state index in [9.17, 15) is 0 Å². The fraction of sp³-hybridized carbons (Fsp3) is 0.375. The SMILES string of the molecule is COc1cc(Cc2nc(Cl)nc(C)c2C)cc(OC)c1OC. The van der Waals surface area contributed by atoms with Gasteiger partial charge in [0, 0.05) is 12.1 Å². The van der Waals surface area contributed by atoms with Crippen LogP contribution in [-0.4, -0.2) is 31.3 Å². The molecule has 0 saturated carbocycles. The third kappa shape index (κ3) is 3.25. The molecule has 0 bridgehead atoms. The van der Waals surface area contributed by atoms with E-state index >= 15 is 0 Å². The Morgan fingerprint density at radius 1 is 0.955 bits per heavy atom. The molecule has 0 aliphatic heterocycles. The Morgan fingerprint density at radius 2 is 1.55 bits per heavy atom. The summed E-state index contributed by atoms with van der Waals surface area (Å²) in [6, 6.07) is 3.82. The Labute approximate surface area is 135 Å². The minimum Gasteiger partial charge on any atom is -0.493 e. The average molecular weight is 323 g/mol. The van der Waals surface area contributed by atoms with Gasteiger partial charge in [-0.1, -0.05) is 0 Å². The highest BCUT2D eigenvalue weighted by Crippen LogP contribution is 2.38. The van der Waals surface area contributed by atoms with Crippen molar-refractivity contribution < 1.29 is 14.2 Å². The molecular weight excluding hydrogens is 304 g/mol. The lowest BCUT2D eigenvalue weighted by Crippen LogP contribution is -2.03. The zero-order valence-electron chi connectivity index (χ0n) is 13.4. The van der Waals surface area contributed by atoms with Crippen LogP contribution in [0.5, 0.6) is 17.2 Å². The maximum absolute atomic E-state index is 5.96. The Balaban J connectivity index is 2.46. The quantitative estimate of drug-likeness (QED) is 0.790. The fourth-order valence-electron chi connectivity index (χ4n) is 2.25. The van der Waals surface area contributed by atoms with Gasteiger partial charge in [-0.15, -0.1) is 0 Å². The first-order valence-corrected chi connectivity index (χ1v) is 7.16. The van der Waals surface area contributed by atoms with Crippen LogP contribution in [0.1, 0.15) is 22.5 Å². The van der Waals surface area contributed by atoms with Crippen LogP contribution in [0.15, 0.2) is 12.1 Å². The molecule has 0 fully saturated rings. The first-order chi connectivity index (χ1) is 10.5. The monoisotopic (exact) mass is 322 g/mol. The number of benzene rings is 1. The second kappa shape index (κ2) is 6.83. The van der Waals surface area contributed by atoms with E-state index in [2.05, 4.69) is 9.97 Å². The fourth-order valence-corrected chi connectivity index (χ4v) is 2.48. The molecule has 6 heteroatoms. The van der Waals surface area contributed by atoms with Crippen molar-refractivity contribution >= 4 is 11.6 Å². The van der Waals surface area contributed by atoms with E-state index in [1.165, 1.54) is 0 Å². The molecule has 0 unspecified atom stereocenters. The Morgan fingerprint density at radius 3 is 2.05 bits per heavy atom. The van der Waals surface area contributed by atoms with E-state index < -0.39 is 0 Å². The number of aromatic nitrogens is 2. The lowest BCUT2D eigenvalue weighted by molar-refractivity contribution is 0.324. The molecule has 118 valence electrons. The molecule has 2 rings (SSSR count). The van der Waals surface area contributed by atoms with E-state index in [1.807, 2.05) is 26.0 Å². The van der Waals surface area contributed by atoms with Crippen LogP contribution in [0, 0.1) is 13.8 Å². The predicted octanol–water partition coefficient (Wildman–Crippen LogP) is 3.36. The molecule has 5 nitrogen and oxygen atoms in total. The van der Waals surface area contributed by atoms with Gasteiger partial charge >= 0.3 is 0 Å². The molecule has 0 aliphatic rings. The number of ether oxygens (including phenoxy) is 3. The van der Waals surface area contributed by atoms with E-state index in [4.69, 9.17) is 25.8 Å². The van der Waals surface area contributed by atoms with Crippen molar-refractivity contribution in [2.75, 3.05) is 21.3 Å². The summed E-state index contributed by atoms with van der Waals surface area (Å²) in [4.78, 5) is 8.48. The number of hydrogen-bond donors (Lipinski definition) is 0. The van der Waals surface area contributed by atoms with Gasteiger partial charge in [0.25, 0.3) is 0 Å².